The van der Waals surface area contributed by atoms with E-state index in [1.165, 1.54) is 6.20 Å². The molecule has 2 aromatic rings. The van der Waals surface area contributed by atoms with Crippen LogP contribution in [0.5, 0.6) is 0 Å². The molecule has 1 aliphatic rings. The van der Waals surface area contributed by atoms with Crippen molar-refractivity contribution in [2.75, 3.05) is 24.5 Å². The van der Waals surface area contributed by atoms with Gasteiger partial charge < -0.3 is 9.80 Å². The highest BCUT2D eigenvalue weighted by Gasteiger charge is 2.29. The number of hydrogen-bond donors (Lipinski definition) is 0. The number of hydrogen-bond acceptors (Lipinski definition) is 6. The van der Waals surface area contributed by atoms with E-state index < -0.39 is 0 Å². The predicted octanol–water partition coefficient (Wildman–Crippen LogP) is 1.09. The van der Waals surface area contributed by atoms with Crippen molar-refractivity contribution in [1.82, 2.24) is 19.9 Å². The lowest BCUT2D eigenvalue weighted by Crippen LogP contribution is -2.54. The van der Waals surface area contributed by atoms with Crippen molar-refractivity contribution >= 4 is 11.7 Å². The summed E-state index contributed by atoms with van der Waals surface area (Å²) in [5, 5.41) is 9.15. The lowest BCUT2D eigenvalue weighted by molar-refractivity contribution is 0.0673. The minimum Gasteiger partial charge on any atom is -0.350 e. The van der Waals surface area contributed by atoms with Crippen LogP contribution in [0.3, 0.4) is 0 Å². The number of nitrogens with zero attached hydrogens (tertiary/aromatic N) is 6. The van der Waals surface area contributed by atoms with Crippen molar-refractivity contribution in [3.05, 3.63) is 48.2 Å². The van der Waals surface area contributed by atoms with Gasteiger partial charge in [-0.25, -0.2) is 9.97 Å². The third kappa shape index (κ3) is 2.97. The number of anilines is 1. The van der Waals surface area contributed by atoms with Gasteiger partial charge in [0, 0.05) is 50.5 Å². The number of carbonyl (C=O) groups excluding carboxylic acids is 1. The van der Waals surface area contributed by atoms with Crippen molar-refractivity contribution < 1.29 is 4.79 Å². The van der Waals surface area contributed by atoms with Crippen LogP contribution in [-0.4, -0.2) is 51.4 Å². The number of carbonyl (C=O) groups is 1. The molecular weight excluding hydrogens is 292 g/mol. The first-order chi connectivity index (χ1) is 11.2. The first-order valence-electron chi connectivity index (χ1n) is 7.37. The molecule has 116 valence electrons. The van der Waals surface area contributed by atoms with E-state index in [0.717, 1.165) is 0 Å². The SMILES string of the molecule is CC1CN(c2nccnc2C#N)CCN1C(=O)c1cccnc1. The van der Waals surface area contributed by atoms with E-state index in [4.69, 9.17) is 5.26 Å². The molecule has 0 aliphatic carbocycles. The maximum Gasteiger partial charge on any atom is 0.255 e. The van der Waals surface area contributed by atoms with Crippen molar-refractivity contribution in [1.29, 1.82) is 5.26 Å². The van der Waals surface area contributed by atoms with Crippen LogP contribution in [0, 0.1) is 11.3 Å². The van der Waals surface area contributed by atoms with E-state index in [9.17, 15) is 4.79 Å². The molecule has 1 aliphatic heterocycles. The van der Waals surface area contributed by atoms with Gasteiger partial charge in [-0.05, 0) is 19.1 Å². The van der Waals surface area contributed by atoms with Gasteiger partial charge in [-0.2, -0.15) is 5.26 Å². The highest BCUT2D eigenvalue weighted by Crippen LogP contribution is 2.20. The summed E-state index contributed by atoms with van der Waals surface area (Å²) >= 11 is 0. The Labute approximate surface area is 134 Å². The third-order valence-corrected chi connectivity index (χ3v) is 3.88. The topological polar surface area (TPSA) is 86.0 Å². The van der Waals surface area contributed by atoms with Crippen molar-refractivity contribution in [2.45, 2.75) is 13.0 Å². The molecule has 23 heavy (non-hydrogen) atoms. The van der Waals surface area contributed by atoms with Crippen LogP contribution in [0.15, 0.2) is 36.9 Å². The fourth-order valence-corrected chi connectivity index (χ4v) is 2.75. The average molecular weight is 308 g/mol. The van der Waals surface area contributed by atoms with Gasteiger partial charge >= 0.3 is 0 Å². The van der Waals surface area contributed by atoms with Gasteiger partial charge in [0.15, 0.2) is 11.5 Å². The Morgan fingerprint density at radius 1 is 1.30 bits per heavy atom. The van der Waals surface area contributed by atoms with Gasteiger partial charge in [0.05, 0.1) is 5.56 Å². The van der Waals surface area contributed by atoms with Crippen LogP contribution in [0.1, 0.15) is 23.0 Å². The molecule has 3 rings (SSSR count). The van der Waals surface area contributed by atoms with Crippen LogP contribution in [-0.2, 0) is 0 Å². The Bertz CT molecular complexity index is 742. The van der Waals surface area contributed by atoms with E-state index in [-0.39, 0.29) is 11.9 Å². The van der Waals surface area contributed by atoms with Crippen molar-refractivity contribution in [2.24, 2.45) is 0 Å². The Hall–Kier alpha value is -3.01. The van der Waals surface area contributed by atoms with Crippen LogP contribution < -0.4 is 4.90 Å². The summed E-state index contributed by atoms with van der Waals surface area (Å²) in [6.07, 6.45) is 6.31. The Morgan fingerprint density at radius 3 is 2.83 bits per heavy atom. The molecule has 0 bridgehead atoms. The standard InChI is InChI=1S/C16H16N6O/c1-12-11-21(15-14(9-17)19-5-6-20-15)7-8-22(12)16(23)13-3-2-4-18-10-13/h2-6,10,12H,7-8,11H2,1H3. The Kier molecular flexibility index (Phi) is 4.15. The third-order valence-electron chi connectivity index (χ3n) is 3.88. The molecule has 0 aromatic carbocycles. The van der Waals surface area contributed by atoms with E-state index in [1.807, 2.05) is 16.7 Å². The van der Waals surface area contributed by atoms with Crippen molar-refractivity contribution in [3.63, 3.8) is 0 Å². The summed E-state index contributed by atoms with van der Waals surface area (Å²) in [4.78, 5) is 28.7. The molecule has 0 spiro atoms. The number of amides is 1. The van der Waals surface area contributed by atoms with Gasteiger partial charge in [-0.1, -0.05) is 0 Å². The summed E-state index contributed by atoms with van der Waals surface area (Å²) < 4.78 is 0. The zero-order chi connectivity index (χ0) is 16.2. The van der Waals surface area contributed by atoms with Gasteiger partial charge in [0.25, 0.3) is 5.91 Å². The molecule has 2 aromatic heterocycles. The largest absolute Gasteiger partial charge is 0.350 e. The summed E-state index contributed by atoms with van der Waals surface area (Å²) in [6.45, 7) is 3.78. The molecule has 1 unspecified atom stereocenters. The normalized spacial score (nSPS) is 17.7. The maximum absolute atomic E-state index is 12.6. The molecule has 0 radical (unpaired) electrons. The quantitative estimate of drug-likeness (QED) is 0.825. The lowest BCUT2D eigenvalue weighted by Gasteiger charge is -2.40. The monoisotopic (exact) mass is 308 g/mol. The van der Waals surface area contributed by atoms with E-state index in [0.29, 0.717) is 36.7 Å². The molecule has 1 amide bonds. The second kappa shape index (κ2) is 6.40. The van der Waals surface area contributed by atoms with Gasteiger partial charge in [-0.15, -0.1) is 0 Å². The van der Waals surface area contributed by atoms with E-state index in [2.05, 4.69) is 21.0 Å². The highest BCUT2D eigenvalue weighted by molar-refractivity contribution is 5.94. The van der Waals surface area contributed by atoms with Crippen LogP contribution in [0.2, 0.25) is 0 Å². The second-order valence-electron chi connectivity index (χ2n) is 5.38. The molecule has 0 N–H and O–H groups in total. The molecule has 1 saturated heterocycles. The van der Waals surface area contributed by atoms with Crippen molar-refractivity contribution in [3.8, 4) is 6.07 Å². The molecule has 7 nitrogen and oxygen atoms in total. The lowest BCUT2D eigenvalue weighted by atomic mass is 10.1. The number of piperazine rings is 1. The minimum absolute atomic E-state index is 0.00463. The average Bonchev–Trinajstić information content (AvgIpc) is 2.61. The fraction of sp³-hybridized carbons (Fsp3) is 0.312. The molecule has 3 heterocycles. The highest BCUT2D eigenvalue weighted by atomic mass is 16.2. The first-order valence-corrected chi connectivity index (χ1v) is 7.37. The zero-order valence-corrected chi connectivity index (χ0v) is 12.8. The van der Waals surface area contributed by atoms with Crippen LogP contribution >= 0.6 is 0 Å². The smallest absolute Gasteiger partial charge is 0.255 e. The number of pyridine rings is 1. The van der Waals surface area contributed by atoms with Crippen LogP contribution in [0.25, 0.3) is 0 Å². The summed E-state index contributed by atoms with van der Waals surface area (Å²) in [5.74, 6) is 0.556. The second-order valence-corrected chi connectivity index (χ2v) is 5.38. The number of nitriles is 1. The molecular formula is C16H16N6O. The Morgan fingerprint density at radius 2 is 2.13 bits per heavy atom. The molecule has 7 heteroatoms. The maximum atomic E-state index is 12.6. The molecule has 1 atom stereocenters. The van der Waals surface area contributed by atoms with E-state index in [1.54, 1.807) is 30.7 Å². The summed E-state index contributed by atoms with van der Waals surface area (Å²) in [7, 11) is 0. The number of rotatable bonds is 2. The Balaban J connectivity index is 1.75. The van der Waals surface area contributed by atoms with E-state index >= 15 is 0 Å². The summed E-state index contributed by atoms with van der Waals surface area (Å²) in [6, 6.07) is 5.59. The van der Waals surface area contributed by atoms with Crippen LogP contribution in [0.4, 0.5) is 5.82 Å². The summed E-state index contributed by atoms with van der Waals surface area (Å²) in [5.41, 5.74) is 0.900. The van der Waals surface area contributed by atoms with Gasteiger partial charge in [0.2, 0.25) is 0 Å². The predicted molar refractivity (Wildman–Crippen MR) is 83.7 cm³/mol. The zero-order valence-electron chi connectivity index (χ0n) is 12.8. The van der Waals surface area contributed by atoms with Gasteiger partial charge in [-0.3, -0.25) is 9.78 Å². The minimum atomic E-state index is -0.0232. The number of aromatic nitrogens is 3. The molecule has 0 saturated carbocycles. The van der Waals surface area contributed by atoms with Gasteiger partial charge in [0.1, 0.15) is 6.07 Å². The molecule has 1 fully saturated rings. The first kappa shape index (κ1) is 14.9. The fourth-order valence-electron chi connectivity index (χ4n) is 2.75.